The van der Waals surface area contributed by atoms with Gasteiger partial charge in [0.05, 0.1) is 11.4 Å². The summed E-state index contributed by atoms with van der Waals surface area (Å²) < 4.78 is 0. The van der Waals surface area contributed by atoms with Crippen molar-refractivity contribution in [2.24, 2.45) is 10.7 Å². The number of fused-ring (bicyclic) bond motifs is 1. The molecule has 0 saturated carbocycles. The van der Waals surface area contributed by atoms with Gasteiger partial charge in [-0.15, -0.1) is 0 Å². The highest BCUT2D eigenvalue weighted by molar-refractivity contribution is 6.05. The summed E-state index contributed by atoms with van der Waals surface area (Å²) >= 11 is 0. The lowest BCUT2D eigenvalue weighted by atomic mass is 10.2. The SMILES string of the molecule is NC(=Nc1ccc2c(c1)CON2)NC(=O)c1ccccc1. The van der Waals surface area contributed by atoms with E-state index in [1.165, 1.54) is 0 Å². The first-order valence-electron chi connectivity index (χ1n) is 6.44. The van der Waals surface area contributed by atoms with Crippen LogP contribution in [0.1, 0.15) is 15.9 Å². The summed E-state index contributed by atoms with van der Waals surface area (Å²) in [5.41, 5.74) is 11.7. The number of benzene rings is 2. The summed E-state index contributed by atoms with van der Waals surface area (Å²) in [7, 11) is 0. The fraction of sp³-hybridized carbons (Fsp3) is 0.0667. The number of carbonyl (C=O) groups is 1. The van der Waals surface area contributed by atoms with Crippen LogP contribution in [-0.4, -0.2) is 11.9 Å². The van der Waals surface area contributed by atoms with Crippen molar-refractivity contribution < 1.29 is 9.63 Å². The number of guanidine groups is 1. The Labute approximate surface area is 121 Å². The molecule has 0 unspecified atom stereocenters. The molecule has 0 atom stereocenters. The zero-order valence-corrected chi connectivity index (χ0v) is 11.2. The van der Waals surface area contributed by atoms with Crippen LogP contribution in [0.5, 0.6) is 0 Å². The Morgan fingerprint density at radius 3 is 2.86 bits per heavy atom. The van der Waals surface area contributed by atoms with Gasteiger partial charge in [0.2, 0.25) is 5.96 Å². The number of hydrogen-bond acceptors (Lipinski definition) is 4. The van der Waals surface area contributed by atoms with Gasteiger partial charge in [0, 0.05) is 11.1 Å². The van der Waals surface area contributed by atoms with Gasteiger partial charge in [-0.1, -0.05) is 18.2 Å². The molecule has 1 amide bonds. The normalized spacial score (nSPS) is 13.4. The smallest absolute Gasteiger partial charge is 0.257 e. The van der Waals surface area contributed by atoms with Crippen LogP contribution in [0.2, 0.25) is 0 Å². The largest absolute Gasteiger partial charge is 0.369 e. The second-order valence-electron chi connectivity index (χ2n) is 4.55. The summed E-state index contributed by atoms with van der Waals surface area (Å²) in [6, 6.07) is 14.3. The van der Waals surface area contributed by atoms with E-state index in [2.05, 4.69) is 15.8 Å². The van der Waals surface area contributed by atoms with Gasteiger partial charge < -0.3 is 5.73 Å². The second-order valence-corrected chi connectivity index (χ2v) is 4.55. The number of nitrogens with two attached hydrogens (primary N) is 1. The lowest BCUT2D eigenvalue weighted by molar-refractivity contribution is 0.0976. The van der Waals surface area contributed by atoms with E-state index in [4.69, 9.17) is 10.6 Å². The van der Waals surface area contributed by atoms with Crippen molar-refractivity contribution in [3.63, 3.8) is 0 Å². The summed E-state index contributed by atoms with van der Waals surface area (Å²) in [5.74, 6) is -0.237. The van der Waals surface area contributed by atoms with Crippen molar-refractivity contribution >= 4 is 23.2 Å². The zero-order chi connectivity index (χ0) is 14.7. The van der Waals surface area contributed by atoms with Crippen molar-refractivity contribution in [1.29, 1.82) is 0 Å². The topological polar surface area (TPSA) is 88.7 Å². The molecule has 2 aromatic carbocycles. The molecule has 0 aliphatic carbocycles. The van der Waals surface area contributed by atoms with Crippen molar-refractivity contribution in [1.82, 2.24) is 5.32 Å². The summed E-state index contributed by atoms with van der Waals surface area (Å²) in [5, 5.41) is 2.55. The molecule has 3 rings (SSSR count). The zero-order valence-electron chi connectivity index (χ0n) is 11.2. The number of aliphatic imine (C=N–C) groups is 1. The molecular weight excluding hydrogens is 268 g/mol. The van der Waals surface area contributed by atoms with Crippen molar-refractivity contribution in [3.8, 4) is 0 Å². The lowest BCUT2D eigenvalue weighted by Crippen LogP contribution is -2.36. The lowest BCUT2D eigenvalue weighted by Gasteiger charge is -2.05. The molecule has 1 aliphatic rings. The second kappa shape index (κ2) is 5.64. The number of amides is 1. The van der Waals surface area contributed by atoms with Gasteiger partial charge in [-0.2, -0.15) is 0 Å². The highest BCUT2D eigenvalue weighted by Gasteiger charge is 2.11. The van der Waals surface area contributed by atoms with Crippen LogP contribution in [0.3, 0.4) is 0 Å². The Balaban J connectivity index is 1.73. The third-order valence-electron chi connectivity index (χ3n) is 3.03. The van der Waals surface area contributed by atoms with Crippen molar-refractivity contribution in [3.05, 3.63) is 59.7 Å². The first-order valence-corrected chi connectivity index (χ1v) is 6.44. The number of nitrogens with one attached hydrogen (secondary N) is 2. The van der Waals surface area contributed by atoms with Gasteiger partial charge in [-0.3, -0.25) is 20.4 Å². The maximum absolute atomic E-state index is 11.9. The van der Waals surface area contributed by atoms with Gasteiger partial charge in [0.1, 0.15) is 6.61 Å². The van der Waals surface area contributed by atoms with Gasteiger partial charge in [-0.25, -0.2) is 4.99 Å². The van der Waals surface area contributed by atoms with Crippen LogP contribution >= 0.6 is 0 Å². The van der Waals surface area contributed by atoms with Crippen LogP contribution in [-0.2, 0) is 11.4 Å². The molecule has 0 saturated heterocycles. The first kappa shape index (κ1) is 13.1. The fourth-order valence-electron chi connectivity index (χ4n) is 2.01. The Kier molecular flexibility index (Phi) is 3.53. The molecule has 0 radical (unpaired) electrons. The van der Waals surface area contributed by atoms with Gasteiger partial charge in [0.25, 0.3) is 5.91 Å². The fourth-order valence-corrected chi connectivity index (χ4v) is 2.01. The Bertz CT molecular complexity index is 698. The minimum atomic E-state index is -0.289. The van der Waals surface area contributed by atoms with Crippen molar-refractivity contribution in [2.45, 2.75) is 6.61 Å². The molecule has 2 aromatic rings. The number of nitrogens with zero attached hydrogens (tertiary/aromatic N) is 1. The Morgan fingerprint density at radius 1 is 1.24 bits per heavy atom. The summed E-state index contributed by atoms with van der Waals surface area (Å²) in [4.78, 5) is 21.2. The molecule has 0 bridgehead atoms. The molecule has 0 fully saturated rings. The minimum Gasteiger partial charge on any atom is -0.369 e. The van der Waals surface area contributed by atoms with E-state index in [0.717, 1.165) is 11.3 Å². The van der Waals surface area contributed by atoms with Gasteiger partial charge >= 0.3 is 0 Å². The van der Waals surface area contributed by atoms with E-state index in [1.54, 1.807) is 30.3 Å². The van der Waals surface area contributed by atoms with Gasteiger partial charge in [0.15, 0.2) is 0 Å². The van der Waals surface area contributed by atoms with E-state index in [9.17, 15) is 4.79 Å². The molecule has 21 heavy (non-hydrogen) atoms. The van der Waals surface area contributed by atoms with Gasteiger partial charge in [-0.05, 0) is 30.3 Å². The van der Waals surface area contributed by atoms with E-state index < -0.39 is 0 Å². The predicted octanol–water partition coefficient (Wildman–Crippen LogP) is 1.92. The first-order chi connectivity index (χ1) is 10.2. The van der Waals surface area contributed by atoms with E-state index >= 15 is 0 Å². The van der Waals surface area contributed by atoms with Crippen LogP contribution in [0.25, 0.3) is 0 Å². The van der Waals surface area contributed by atoms with E-state index in [0.29, 0.717) is 17.9 Å². The standard InChI is InChI=1S/C15H14N4O2/c16-15(18-14(20)10-4-2-1-3-5-10)17-12-6-7-13-11(8-12)9-21-19-13/h1-8,19H,9H2,(H3,16,17,18,20). The molecule has 6 heteroatoms. The van der Waals surface area contributed by atoms with E-state index in [1.807, 2.05) is 18.2 Å². The summed E-state index contributed by atoms with van der Waals surface area (Å²) in [6.07, 6.45) is 0. The highest BCUT2D eigenvalue weighted by Crippen LogP contribution is 2.27. The monoisotopic (exact) mass is 282 g/mol. The Hall–Kier alpha value is -2.86. The van der Waals surface area contributed by atoms with Crippen LogP contribution < -0.4 is 16.5 Å². The van der Waals surface area contributed by atoms with Crippen LogP contribution in [0.4, 0.5) is 11.4 Å². The average Bonchev–Trinajstić information content (AvgIpc) is 2.95. The number of carbonyl (C=O) groups excluding carboxylic acids is 1. The predicted molar refractivity (Wildman–Crippen MR) is 80.0 cm³/mol. The quantitative estimate of drug-likeness (QED) is 0.580. The number of rotatable bonds is 2. The molecule has 0 aromatic heterocycles. The number of anilines is 1. The molecule has 4 N–H and O–H groups in total. The highest BCUT2D eigenvalue weighted by atomic mass is 16.6. The number of hydrogen-bond donors (Lipinski definition) is 3. The summed E-state index contributed by atoms with van der Waals surface area (Å²) in [6.45, 7) is 0.481. The minimum absolute atomic E-state index is 0.0516. The van der Waals surface area contributed by atoms with Crippen LogP contribution in [0.15, 0.2) is 53.5 Å². The maximum atomic E-state index is 11.9. The van der Waals surface area contributed by atoms with Crippen LogP contribution in [0, 0.1) is 0 Å². The maximum Gasteiger partial charge on any atom is 0.257 e. The third kappa shape index (κ3) is 3.01. The van der Waals surface area contributed by atoms with E-state index in [-0.39, 0.29) is 11.9 Å². The third-order valence-corrected chi connectivity index (χ3v) is 3.03. The molecule has 0 spiro atoms. The molecular formula is C15H14N4O2. The molecule has 1 aliphatic heterocycles. The molecule has 6 nitrogen and oxygen atoms in total. The molecule has 106 valence electrons. The average molecular weight is 282 g/mol. The molecule has 1 heterocycles. The van der Waals surface area contributed by atoms with Crippen molar-refractivity contribution in [2.75, 3.05) is 5.48 Å². The Morgan fingerprint density at radius 2 is 2.05 bits per heavy atom.